The first kappa shape index (κ1) is 26.4. The molecule has 0 amide bonds. The summed E-state index contributed by atoms with van der Waals surface area (Å²) in [6.45, 7) is 13.2. The number of piperidine rings is 1. The fourth-order valence-electron chi connectivity index (χ4n) is 7.06. The number of hydrazine groups is 1. The summed E-state index contributed by atoms with van der Waals surface area (Å²) in [5.74, 6) is 0.943. The second-order valence-electron chi connectivity index (χ2n) is 11.4. The van der Waals surface area contributed by atoms with Crippen LogP contribution in [0.2, 0.25) is 0 Å². The van der Waals surface area contributed by atoms with Crippen molar-refractivity contribution in [3.63, 3.8) is 0 Å². The highest BCUT2D eigenvalue weighted by Crippen LogP contribution is 2.48. The van der Waals surface area contributed by atoms with E-state index in [1.807, 2.05) is 18.5 Å². The number of morpholine rings is 1. The van der Waals surface area contributed by atoms with Gasteiger partial charge in [0.05, 0.1) is 25.5 Å². The van der Waals surface area contributed by atoms with Gasteiger partial charge in [0.1, 0.15) is 11.4 Å². The van der Waals surface area contributed by atoms with Gasteiger partial charge >= 0.3 is 0 Å². The fourth-order valence-corrected chi connectivity index (χ4v) is 7.06. The van der Waals surface area contributed by atoms with Gasteiger partial charge in [0.2, 0.25) is 5.88 Å². The van der Waals surface area contributed by atoms with E-state index in [4.69, 9.17) is 19.4 Å². The molecule has 5 saturated heterocycles. The average Bonchev–Trinajstić information content (AvgIpc) is 3.77. The highest BCUT2D eigenvalue weighted by Gasteiger charge is 2.57. The molecule has 7 rings (SSSR count). The van der Waals surface area contributed by atoms with Crippen LogP contribution >= 0.6 is 0 Å². The van der Waals surface area contributed by atoms with E-state index in [-0.39, 0.29) is 0 Å². The summed E-state index contributed by atoms with van der Waals surface area (Å²) in [6, 6.07) is 1.91. The van der Waals surface area contributed by atoms with E-state index in [1.54, 1.807) is 0 Å². The predicted octanol–water partition coefficient (Wildman–Crippen LogP) is -0.163. The molecule has 1 atom stereocenters. The maximum Gasteiger partial charge on any atom is 0.267 e. The van der Waals surface area contributed by atoms with Crippen molar-refractivity contribution in [2.24, 2.45) is 0 Å². The smallest absolute Gasteiger partial charge is 0.267 e. The maximum atomic E-state index is 7.70. The molecule has 1 aromatic rings. The molecule has 0 radical (unpaired) electrons. The van der Waals surface area contributed by atoms with E-state index in [2.05, 4.69) is 40.7 Å². The summed E-state index contributed by atoms with van der Waals surface area (Å²) in [6.07, 6.45) is 8.44. The number of nitrogens with zero attached hydrogens (tertiary/aromatic N) is 7. The molecule has 1 unspecified atom stereocenters. The topological polar surface area (TPSA) is 96.5 Å². The first-order chi connectivity index (χ1) is 19.9. The molecule has 0 aromatic carbocycles. The van der Waals surface area contributed by atoms with Crippen molar-refractivity contribution in [3.8, 4) is 0 Å². The van der Waals surface area contributed by atoms with Crippen molar-refractivity contribution in [2.75, 3.05) is 98.4 Å². The van der Waals surface area contributed by atoms with Crippen molar-refractivity contribution >= 4 is 5.57 Å². The van der Waals surface area contributed by atoms with E-state index in [1.165, 1.54) is 25.0 Å². The summed E-state index contributed by atoms with van der Waals surface area (Å²) in [5.41, 5.74) is 7.02. The molecular formula is C28H44N10O2. The van der Waals surface area contributed by atoms with E-state index in [9.17, 15) is 0 Å². The number of allylic oxidation sites excluding steroid dienone is 1. The van der Waals surface area contributed by atoms with Crippen molar-refractivity contribution in [1.29, 1.82) is 0 Å². The highest BCUT2D eigenvalue weighted by molar-refractivity contribution is 5.80. The van der Waals surface area contributed by atoms with Crippen LogP contribution in [-0.2, 0) is 9.47 Å². The van der Waals surface area contributed by atoms with E-state index in [0.29, 0.717) is 13.2 Å². The van der Waals surface area contributed by atoms with Crippen LogP contribution in [0.1, 0.15) is 31.5 Å². The van der Waals surface area contributed by atoms with Crippen LogP contribution in [0, 0.1) is 0 Å². The van der Waals surface area contributed by atoms with E-state index < -0.39 is 5.85 Å². The third-order valence-corrected chi connectivity index (χ3v) is 8.95. The number of hydrogen-bond acceptors (Lipinski definition) is 12. The summed E-state index contributed by atoms with van der Waals surface area (Å²) in [5, 5.41) is 9.47. The zero-order valence-electron chi connectivity index (χ0n) is 23.6. The van der Waals surface area contributed by atoms with Gasteiger partial charge in [-0.1, -0.05) is 6.42 Å². The number of rotatable bonds is 6. The number of piperazine rings is 1. The number of aromatic nitrogens is 2. The zero-order valence-corrected chi connectivity index (χ0v) is 23.6. The molecule has 6 aliphatic heterocycles. The lowest BCUT2D eigenvalue weighted by Gasteiger charge is -2.57. The van der Waals surface area contributed by atoms with Gasteiger partial charge in [0, 0.05) is 90.9 Å². The van der Waals surface area contributed by atoms with Gasteiger partial charge in [0.25, 0.3) is 5.85 Å². The van der Waals surface area contributed by atoms with Crippen molar-refractivity contribution in [1.82, 2.24) is 50.6 Å². The number of nitrogens with one attached hydrogen (secondary N) is 3. The second-order valence-corrected chi connectivity index (χ2v) is 11.4. The molecular weight excluding hydrogens is 508 g/mol. The molecule has 12 nitrogen and oxygen atoms in total. The van der Waals surface area contributed by atoms with Crippen LogP contribution in [0.3, 0.4) is 0 Å². The summed E-state index contributed by atoms with van der Waals surface area (Å²) >= 11 is 0. The van der Waals surface area contributed by atoms with E-state index >= 15 is 0 Å². The lowest BCUT2D eigenvalue weighted by atomic mass is 9.96. The van der Waals surface area contributed by atoms with Crippen LogP contribution in [-0.4, -0.2) is 139 Å². The maximum absolute atomic E-state index is 7.70. The number of likely N-dealkylation sites (tertiary alicyclic amines) is 1. The lowest BCUT2D eigenvalue weighted by Crippen LogP contribution is -2.70. The Morgan fingerprint density at radius 3 is 2.15 bits per heavy atom. The second kappa shape index (κ2) is 11.8. The average molecular weight is 553 g/mol. The van der Waals surface area contributed by atoms with Gasteiger partial charge in [0.15, 0.2) is 5.82 Å². The summed E-state index contributed by atoms with van der Waals surface area (Å²) in [7, 11) is 0. The van der Waals surface area contributed by atoms with Crippen molar-refractivity contribution in [3.05, 3.63) is 41.6 Å². The minimum Gasteiger partial charge on any atom is -0.436 e. The minimum absolute atomic E-state index is 0.703. The van der Waals surface area contributed by atoms with Crippen LogP contribution in [0.25, 0.3) is 5.57 Å². The van der Waals surface area contributed by atoms with Gasteiger partial charge in [-0.25, -0.2) is 25.2 Å². The predicted molar refractivity (Wildman–Crippen MR) is 151 cm³/mol. The largest absolute Gasteiger partial charge is 0.436 e. The monoisotopic (exact) mass is 552 g/mol. The Labute approximate surface area is 237 Å². The third-order valence-electron chi connectivity index (χ3n) is 8.95. The minimum atomic E-state index is -0.770. The quantitative estimate of drug-likeness (QED) is 0.438. The van der Waals surface area contributed by atoms with Crippen LogP contribution in [0.4, 0.5) is 0 Å². The lowest BCUT2D eigenvalue weighted by molar-refractivity contribution is -0.244. The number of hydrogen-bond donors (Lipinski definition) is 3. The van der Waals surface area contributed by atoms with Gasteiger partial charge in [-0.2, -0.15) is 0 Å². The molecule has 0 saturated carbocycles. The van der Waals surface area contributed by atoms with Gasteiger partial charge in [-0.15, -0.1) is 0 Å². The number of ether oxygens (including phenoxy) is 2. The van der Waals surface area contributed by atoms with Gasteiger partial charge in [-0.3, -0.25) is 5.32 Å². The Hall–Kier alpha value is -2.48. The Balaban J connectivity index is 1.52. The van der Waals surface area contributed by atoms with Crippen molar-refractivity contribution in [2.45, 2.75) is 31.5 Å². The molecule has 5 fully saturated rings. The molecule has 218 valence electrons. The first-order valence-electron chi connectivity index (χ1n) is 15.3. The first-order valence-corrected chi connectivity index (χ1v) is 15.3. The Morgan fingerprint density at radius 1 is 0.725 bits per heavy atom. The molecule has 3 N–H and O–H groups in total. The van der Waals surface area contributed by atoms with E-state index in [0.717, 1.165) is 115 Å². The van der Waals surface area contributed by atoms with Crippen molar-refractivity contribution < 1.29 is 9.47 Å². The fraction of sp³-hybridized carbons (Fsp3) is 0.714. The molecule has 0 aliphatic carbocycles. The molecule has 6 aliphatic rings. The zero-order chi connectivity index (χ0) is 26.8. The molecule has 7 heterocycles. The SMILES string of the molecule is c1cnc(C2=C(N3CCNC3)C(N3CCCCC3)(N3CCOCC3)OC(N3CCNCC3)=C2N2CCCN2)nc1. The standard InChI is InChI=1S/C28H44N10O2/c1-2-12-36(13-3-1)28(37-18-20-39-21-19-37)25(35-17-11-30-22-35)23(26-31-6-4-7-32-26)24(38-14-5-8-33-38)27(40-28)34-15-9-29-10-16-34/h4,6-7,29-30,33H,1-3,5,8-22H2. The Bertz CT molecular complexity index is 1050. The summed E-state index contributed by atoms with van der Waals surface area (Å²) < 4.78 is 13.6. The Kier molecular flexibility index (Phi) is 7.79. The Morgan fingerprint density at radius 2 is 1.45 bits per heavy atom. The third kappa shape index (κ3) is 4.74. The van der Waals surface area contributed by atoms with Crippen LogP contribution < -0.4 is 16.1 Å². The normalized spacial score (nSPS) is 29.4. The molecule has 0 spiro atoms. The highest BCUT2D eigenvalue weighted by atomic mass is 16.6. The van der Waals surface area contributed by atoms with Gasteiger partial charge < -0.3 is 29.6 Å². The van der Waals surface area contributed by atoms with Crippen LogP contribution in [0.15, 0.2) is 35.7 Å². The molecule has 0 bridgehead atoms. The molecule has 1 aromatic heterocycles. The van der Waals surface area contributed by atoms with Gasteiger partial charge in [-0.05, 0) is 25.3 Å². The molecule has 40 heavy (non-hydrogen) atoms. The van der Waals surface area contributed by atoms with Crippen LogP contribution in [0.5, 0.6) is 0 Å². The molecule has 12 heteroatoms. The summed E-state index contributed by atoms with van der Waals surface area (Å²) in [4.78, 5) is 20.0.